The Morgan fingerprint density at radius 2 is 1.85 bits per heavy atom. The Hall–Kier alpha value is -2.12. The molecule has 1 aliphatic carbocycles. The number of carbonyl (C=O) groups excluding carboxylic acids is 4. The lowest BCUT2D eigenvalue weighted by Gasteiger charge is -2.34. The van der Waals surface area contributed by atoms with Gasteiger partial charge in [0.2, 0.25) is 5.91 Å². The van der Waals surface area contributed by atoms with Crippen molar-refractivity contribution in [2.24, 2.45) is 5.92 Å². The van der Waals surface area contributed by atoms with Gasteiger partial charge in [-0.25, -0.2) is 9.69 Å². The summed E-state index contributed by atoms with van der Waals surface area (Å²) in [6.45, 7) is 1.40. The Labute approximate surface area is 166 Å². The number of nitrogens with zero attached hydrogens (tertiary/aromatic N) is 2. The molecular weight excluding hydrogens is 393 g/mol. The van der Waals surface area contributed by atoms with Crippen molar-refractivity contribution >= 4 is 52.6 Å². The lowest BCUT2D eigenvalue weighted by Crippen LogP contribution is -2.46. The molecule has 0 spiro atoms. The summed E-state index contributed by atoms with van der Waals surface area (Å²) in [5, 5.41) is 3.14. The first-order chi connectivity index (χ1) is 12.8. The first-order valence-corrected chi connectivity index (χ1v) is 9.49. The van der Waals surface area contributed by atoms with Crippen LogP contribution >= 0.6 is 23.2 Å². The van der Waals surface area contributed by atoms with Gasteiger partial charge in [0.05, 0.1) is 10.7 Å². The van der Waals surface area contributed by atoms with E-state index in [-0.39, 0.29) is 22.7 Å². The van der Waals surface area contributed by atoms with Gasteiger partial charge in [0.1, 0.15) is 6.54 Å². The number of halogens is 2. The van der Waals surface area contributed by atoms with E-state index in [0.29, 0.717) is 16.3 Å². The molecule has 2 aliphatic rings. The third-order valence-corrected chi connectivity index (χ3v) is 5.55. The van der Waals surface area contributed by atoms with Crippen LogP contribution in [0.15, 0.2) is 18.2 Å². The molecule has 0 unspecified atom stereocenters. The fourth-order valence-electron chi connectivity index (χ4n) is 3.56. The zero-order chi connectivity index (χ0) is 19.7. The number of rotatable bonds is 4. The van der Waals surface area contributed by atoms with Crippen molar-refractivity contribution in [2.45, 2.75) is 38.6 Å². The minimum absolute atomic E-state index is 0.124. The summed E-state index contributed by atoms with van der Waals surface area (Å²) in [5.41, 5.74) is 0.261. The van der Waals surface area contributed by atoms with Crippen LogP contribution in [-0.2, 0) is 14.4 Å². The first-order valence-electron chi connectivity index (χ1n) is 8.73. The van der Waals surface area contributed by atoms with Crippen LogP contribution in [0, 0.1) is 5.92 Å². The van der Waals surface area contributed by atoms with Crippen LogP contribution in [0.5, 0.6) is 0 Å². The van der Waals surface area contributed by atoms with Gasteiger partial charge in [-0.05, 0) is 37.0 Å². The molecule has 9 heteroatoms. The fourth-order valence-corrected chi connectivity index (χ4v) is 3.90. The summed E-state index contributed by atoms with van der Waals surface area (Å²) in [6, 6.07) is 3.49. The lowest BCUT2D eigenvalue weighted by molar-refractivity contribution is -0.145. The highest BCUT2D eigenvalue weighted by atomic mass is 35.5. The Kier molecular flexibility index (Phi) is 5.72. The van der Waals surface area contributed by atoms with Crippen molar-refractivity contribution in [1.29, 1.82) is 0 Å². The van der Waals surface area contributed by atoms with E-state index >= 15 is 0 Å². The molecule has 1 saturated carbocycles. The van der Waals surface area contributed by atoms with E-state index in [0.717, 1.165) is 24.2 Å². The van der Waals surface area contributed by atoms with Crippen LogP contribution in [-0.4, -0.2) is 46.1 Å². The van der Waals surface area contributed by atoms with E-state index < -0.39 is 30.3 Å². The van der Waals surface area contributed by atoms with Gasteiger partial charge in [0, 0.05) is 11.1 Å². The van der Waals surface area contributed by atoms with E-state index in [1.807, 2.05) is 6.92 Å². The Bertz CT molecular complexity index is 814. The zero-order valence-corrected chi connectivity index (χ0v) is 16.2. The number of amides is 5. The molecule has 1 saturated heterocycles. The second-order valence-electron chi connectivity index (χ2n) is 6.85. The summed E-state index contributed by atoms with van der Waals surface area (Å²) in [6.07, 6.45) is 3.50. The van der Waals surface area contributed by atoms with Gasteiger partial charge < -0.3 is 5.32 Å². The van der Waals surface area contributed by atoms with Gasteiger partial charge in [-0.15, -0.1) is 0 Å². The summed E-state index contributed by atoms with van der Waals surface area (Å²) in [5.74, 6) is -2.37. The van der Waals surface area contributed by atoms with Crippen molar-refractivity contribution in [3.8, 4) is 0 Å². The standard InChI is InChI=1S/C18H19Cl2N3O4/c1-10-4-2-3-5-14(10)23-17(26)16(25)22(18(23)27)9-15(24)21-13-8-11(19)6-7-12(13)20/h6-8,10,14H,2-5,9H2,1H3,(H,21,24)/t10-,14+/m0/s1. The topological polar surface area (TPSA) is 86.8 Å². The summed E-state index contributed by atoms with van der Waals surface area (Å²) >= 11 is 11.9. The number of hydrogen-bond donors (Lipinski definition) is 1. The number of imide groups is 2. The van der Waals surface area contributed by atoms with Crippen molar-refractivity contribution in [2.75, 3.05) is 11.9 Å². The molecule has 0 aromatic heterocycles. The number of anilines is 1. The maximum absolute atomic E-state index is 12.7. The monoisotopic (exact) mass is 411 g/mol. The molecule has 1 aliphatic heterocycles. The molecule has 0 radical (unpaired) electrons. The highest BCUT2D eigenvalue weighted by Crippen LogP contribution is 2.31. The minimum Gasteiger partial charge on any atom is -0.323 e. The molecule has 27 heavy (non-hydrogen) atoms. The molecule has 1 aromatic rings. The maximum Gasteiger partial charge on any atom is 0.334 e. The Balaban J connectivity index is 1.72. The largest absolute Gasteiger partial charge is 0.334 e. The summed E-state index contributed by atoms with van der Waals surface area (Å²) in [4.78, 5) is 51.3. The summed E-state index contributed by atoms with van der Waals surface area (Å²) in [7, 11) is 0. The van der Waals surface area contributed by atoms with Crippen LogP contribution in [0.3, 0.4) is 0 Å². The highest BCUT2D eigenvalue weighted by Gasteiger charge is 2.49. The molecule has 3 rings (SSSR count). The highest BCUT2D eigenvalue weighted by molar-refractivity contribution is 6.45. The third-order valence-electron chi connectivity index (χ3n) is 4.99. The fraction of sp³-hybridized carbons (Fsp3) is 0.444. The predicted molar refractivity (Wildman–Crippen MR) is 100 cm³/mol. The normalized spacial score (nSPS) is 23.1. The SMILES string of the molecule is C[C@H]1CCCC[C@H]1N1C(=O)C(=O)N(CC(=O)Nc2cc(Cl)ccc2Cl)C1=O. The van der Waals surface area contributed by atoms with Crippen molar-refractivity contribution < 1.29 is 19.2 Å². The van der Waals surface area contributed by atoms with E-state index in [9.17, 15) is 19.2 Å². The van der Waals surface area contributed by atoms with E-state index in [1.165, 1.54) is 12.1 Å². The van der Waals surface area contributed by atoms with Gasteiger partial charge in [0.25, 0.3) is 0 Å². The van der Waals surface area contributed by atoms with Crippen LogP contribution < -0.4 is 5.32 Å². The quantitative estimate of drug-likeness (QED) is 0.607. The van der Waals surface area contributed by atoms with Gasteiger partial charge in [0.15, 0.2) is 0 Å². The van der Waals surface area contributed by atoms with Gasteiger partial charge >= 0.3 is 17.8 Å². The number of urea groups is 1. The summed E-state index contributed by atoms with van der Waals surface area (Å²) < 4.78 is 0. The van der Waals surface area contributed by atoms with Crippen LogP contribution in [0.25, 0.3) is 0 Å². The number of benzene rings is 1. The number of hydrogen-bond acceptors (Lipinski definition) is 4. The molecular formula is C18H19Cl2N3O4. The van der Waals surface area contributed by atoms with Crippen LogP contribution in [0.2, 0.25) is 10.0 Å². The molecule has 2 fully saturated rings. The smallest absolute Gasteiger partial charge is 0.323 e. The Morgan fingerprint density at radius 3 is 2.56 bits per heavy atom. The van der Waals surface area contributed by atoms with E-state index in [4.69, 9.17) is 23.2 Å². The second-order valence-corrected chi connectivity index (χ2v) is 7.69. The molecule has 5 amide bonds. The first kappa shape index (κ1) is 19.6. The van der Waals surface area contributed by atoms with Gasteiger partial charge in [-0.3, -0.25) is 19.3 Å². The lowest BCUT2D eigenvalue weighted by atomic mass is 9.85. The van der Waals surface area contributed by atoms with Crippen molar-refractivity contribution in [3.63, 3.8) is 0 Å². The average molecular weight is 412 g/mol. The second kappa shape index (κ2) is 7.86. The molecule has 144 valence electrons. The number of carbonyl (C=O) groups is 4. The molecule has 2 atom stereocenters. The van der Waals surface area contributed by atoms with Crippen molar-refractivity contribution in [3.05, 3.63) is 28.2 Å². The molecule has 0 bridgehead atoms. The average Bonchev–Trinajstić information content (AvgIpc) is 2.82. The van der Waals surface area contributed by atoms with E-state index in [2.05, 4.69) is 5.32 Å². The zero-order valence-electron chi connectivity index (χ0n) is 14.7. The van der Waals surface area contributed by atoms with Gasteiger partial charge in [-0.2, -0.15) is 0 Å². The maximum atomic E-state index is 12.7. The molecule has 1 N–H and O–H groups in total. The molecule has 7 nitrogen and oxygen atoms in total. The third kappa shape index (κ3) is 3.94. The van der Waals surface area contributed by atoms with Gasteiger partial charge in [-0.1, -0.05) is 43.0 Å². The van der Waals surface area contributed by atoms with Crippen LogP contribution in [0.1, 0.15) is 32.6 Å². The van der Waals surface area contributed by atoms with Crippen LogP contribution in [0.4, 0.5) is 10.5 Å². The number of nitrogens with one attached hydrogen (secondary N) is 1. The minimum atomic E-state index is -0.981. The van der Waals surface area contributed by atoms with Crippen molar-refractivity contribution in [1.82, 2.24) is 9.80 Å². The predicted octanol–water partition coefficient (Wildman–Crippen LogP) is 3.30. The molecule has 1 heterocycles. The Morgan fingerprint density at radius 1 is 1.15 bits per heavy atom. The van der Waals surface area contributed by atoms with E-state index in [1.54, 1.807) is 6.07 Å². The molecule has 1 aromatic carbocycles.